The van der Waals surface area contributed by atoms with Gasteiger partial charge in [0.15, 0.2) is 0 Å². The number of carbonyl (C=O) groups is 2. The minimum Gasteiger partial charge on any atom is -0.352 e. The molecule has 1 aliphatic rings. The average molecular weight is 748 g/mol. The van der Waals surface area contributed by atoms with Crippen molar-refractivity contribution in [2.45, 2.75) is 62.0 Å². The molecular formula is C36H35Cl4N3O4S. The Hall–Kier alpha value is -3.27. The molecule has 1 fully saturated rings. The highest BCUT2D eigenvalue weighted by molar-refractivity contribution is 7.92. The van der Waals surface area contributed by atoms with Gasteiger partial charge in [-0.25, -0.2) is 8.42 Å². The Balaban J connectivity index is 1.61. The molecule has 0 bridgehead atoms. The van der Waals surface area contributed by atoms with Gasteiger partial charge in [0.2, 0.25) is 11.8 Å². The van der Waals surface area contributed by atoms with Crippen molar-refractivity contribution in [1.82, 2.24) is 10.2 Å². The summed E-state index contributed by atoms with van der Waals surface area (Å²) >= 11 is 26.1. The molecule has 1 atom stereocenters. The Labute approximate surface area is 301 Å². The van der Waals surface area contributed by atoms with Crippen molar-refractivity contribution in [3.05, 3.63) is 128 Å². The number of carbonyl (C=O) groups excluding carboxylic acids is 2. The quantitative estimate of drug-likeness (QED) is 0.157. The van der Waals surface area contributed by atoms with Crippen molar-refractivity contribution in [2.24, 2.45) is 0 Å². The normalized spacial score (nSPS) is 14.2. The lowest BCUT2D eigenvalue weighted by molar-refractivity contribution is -0.140. The van der Waals surface area contributed by atoms with Gasteiger partial charge in [-0.15, -0.1) is 0 Å². The standard InChI is InChI=1S/C36H35Cl4N3O4S/c37-26-19-20-32(40)33(22-26)43(48(46,47)28-15-8-3-9-16-28)24-35(44)42(23-29-30(38)17-10-18-31(29)39)34(21-25-11-4-1-5-12-25)36(45)41-27-13-6-2-7-14-27/h1,3-5,8-12,15-20,22,27,34H,2,6-7,13-14,21,23-24H2,(H,41,45)/t34-/m0/s1. The van der Waals surface area contributed by atoms with Crippen molar-refractivity contribution >= 4 is 73.9 Å². The molecule has 0 saturated heterocycles. The van der Waals surface area contributed by atoms with Crippen LogP contribution in [0.3, 0.4) is 0 Å². The fourth-order valence-corrected chi connectivity index (χ4v) is 8.26. The summed E-state index contributed by atoms with van der Waals surface area (Å²) in [6.07, 6.45) is 4.94. The molecule has 4 aromatic carbocycles. The van der Waals surface area contributed by atoms with Gasteiger partial charge in [0, 0.05) is 39.6 Å². The van der Waals surface area contributed by atoms with E-state index in [1.807, 2.05) is 30.3 Å². The van der Waals surface area contributed by atoms with Gasteiger partial charge in [0.05, 0.1) is 15.6 Å². The molecule has 12 heteroatoms. The Bertz CT molecular complexity index is 1820. The topological polar surface area (TPSA) is 86.8 Å². The number of rotatable bonds is 12. The predicted octanol–water partition coefficient (Wildman–Crippen LogP) is 8.58. The number of amides is 2. The number of sulfonamides is 1. The van der Waals surface area contributed by atoms with E-state index in [9.17, 15) is 18.0 Å². The number of hydrogen-bond acceptors (Lipinski definition) is 4. The maximum absolute atomic E-state index is 14.7. The number of halogens is 4. The van der Waals surface area contributed by atoms with Gasteiger partial charge in [0.25, 0.3) is 10.0 Å². The molecule has 1 aliphatic carbocycles. The van der Waals surface area contributed by atoms with E-state index in [1.165, 1.54) is 35.2 Å². The summed E-state index contributed by atoms with van der Waals surface area (Å²) in [5.41, 5.74) is 1.26. The molecule has 5 rings (SSSR count). The van der Waals surface area contributed by atoms with Crippen LogP contribution in [0.15, 0.2) is 102 Å². The van der Waals surface area contributed by atoms with Gasteiger partial charge in [0.1, 0.15) is 12.6 Å². The molecule has 0 aromatic heterocycles. The van der Waals surface area contributed by atoms with Gasteiger partial charge in [-0.3, -0.25) is 13.9 Å². The first-order chi connectivity index (χ1) is 23.0. The predicted molar refractivity (Wildman–Crippen MR) is 193 cm³/mol. The Morgan fingerprint density at radius 1 is 0.771 bits per heavy atom. The van der Waals surface area contributed by atoms with Crippen LogP contribution >= 0.6 is 46.4 Å². The second-order valence-corrected chi connectivity index (χ2v) is 15.2. The van der Waals surface area contributed by atoms with Crippen molar-refractivity contribution in [3.63, 3.8) is 0 Å². The zero-order valence-corrected chi connectivity index (χ0v) is 29.8. The van der Waals surface area contributed by atoms with Crippen LogP contribution in [0.4, 0.5) is 5.69 Å². The Morgan fingerprint density at radius 3 is 2.04 bits per heavy atom. The van der Waals surface area contributed by atoms with Gasteiger partial charge < -0.3 is 10.2 Å². The van der Waals surface area contributed by atoms with Crippen molar-refractivity contribution < 1.29 is 18.0 Å². The van der Waals surface area contributed by atoms with E-state index < -0.39 is 28.5 Å². The van der Waals surface area contributed by atoms with Crippen LogP contribution in [0.5, 0.6) is 0 Å². The molecule has 7 nitrogen and oxygen atoms in total. The summed E-state index contributed by atoms with van der Waals surface area (Å²) in [6, 6.07) is 25.4. The third-order valence-electron chi connectivity index (χ3n) is 8.40. The van der Waals surface area contributed by atoms with E-state index in [-0.39, 0.29) is 45.5 Å². The van der Waals surface area contributed by atoms with Crippen LogP contribution in [-0.2, 0) is 32.6 Å². The SMILES string of the molecule is O=C(NC1CCCCC1)[C@H](Cc1ccccc1)N(Cc1c(Cl)cccc1Cl)C(=O)CN(c1cc(Cl)ccc1Cl)S(=O)(=O)c1ccccc1. The summed E-state index contributed by atoms with van der Waals surface area (Å²) in [4.78, 5) is 30.3. The molecule has 0 heterocycles. The highest BCUT2D eigenvalue weighted by Crippen LogP contribution is 2.34. The summed E-state index contributed by atoms with van der Waals surface area (Å²) < 4.78 is 29.3. The summed E-state index contributed by atoms with van der Waals surface area (Å²) in [5, 5.41) is 4.08. The van der Waals surface area contributed by atoms with E-state index in [4.69, 9.17) is 46.4 Å². The number of benzene rings is 4. The van der Waals surface area contributed by atoms with Crippen molar-refractivity contribution in [3.8, 4) is 0 Å². The molecule has 4 aromatic rings. The van der Waals surface area contributed by atoms with Gasteiger partial charge in [-0.2, -0.15) is 0 Å². The third-order valence-corrected chi connectivity index (χ3v) is 11.4. The van der Waals surface area contributed by atoms with Gasteiger partial charge in [-0.1, -0.05) is 120 Å². The number of anilines is 1. The molecule has 48 heavy (non-hydrogen) atoms. The number of hydrogen-bond donors (Lipinski definition) is 1. The van der Waals surface area contributed by atoms with E-state index in [0.29, 0.717) is 15.6 Å². The molecule has 0 aliphatic heterocycles. The summed E-state index contributed by atoms with van der Waals surface area (Å²) in [7, 11) is -4.35. The fourth-order valence-electron chi connectivity index (χ4n) is 5.86. The second kappa shape index (κ2) is 16.4. The van der Waals surface area contributed by atoms with Gasteiger partial charge in [-0.05, 0) is 60.9 Å². The lowest BCUT2D eigenvalue weighted by Crippen LogP contribution is -2.55. The average Bonchev–Trinajstić information content (AvgIpc) is 3.08. The van der Waals surface area contributed by atoms with E-state index in [0.717, 1.165) is 42.0 Å². The monoisotopic (exact) mass is 745 g/mol. The largest absolute Gasteiger partial charge is 0.352 e. The van der Waals surface area contributed by atoms with Crippen LogP contribution < -0.4 is 9.62 Å². The van der Waals surface area contributed by atoms with Crippen LogP contribution in [0.1, 0.15) is 43.2 Å². The van der Waals surface area contributed by atoms with Crippen LogP contribution in [-0.4, -0.2) is 43.8 Å². The molecule has 0 unspecified atom stereocenters. The molecule has 0 radical (unpaired) electrons. The fraction of sp³-hybridized carbons (Fsp3) is 0.278. The van der Waals surface area contributed by atoms with E-state index >= 15 is 0 Å². The molecule has 2 amide bonds. The van der Waals surface area contributed by atoms with E-state index in [2.05, 4.69) is 5.32 Å². The Kier molecular flexibility index (Phi) is 12.3. The molecular weight excluding hydrogens is 712 g/mol. The zero-order valence-electron chi connectivity index (χ0n) is 26.0. The lowest BCUT2D eigenvalue weighted by Gasteiger charge is -2.35. The minimum atomic E-state index is -4.35. The number of nitrogens with zero attached hydrogens (tertiary/aromatic N) is 2. The van der Waals surface area contributed by atoms with Gasteiger partial charge >= 0.3 is 0 Å². The highest BCUT2D eigenvalue weighted by Gasteiger charge is 2.36. The maximum Gasteiger partial charge on any atom is 0.264 e. The second-order valence-electron chi connectivity index (χ2n) is 11.7. The van der Waals surface area contributed by atoms with Crippen molar-refractivity contribution in [2.75, 3.05) is 10.8 Å². The highest BCUT2D eigenvalue weighted by atomic mass is 35.5. The van der Waals surface area contributed by atoms with Crippen LogP contribution in [0.25, 0.3) is 0 Å². The van der Waals surface area contributed by atoms with Crippen molar-refractivity contribution in [1.29, 1.82) is 0 Å². The molecule has 1 N–H and O–H groups in total. The first kappa shape index (κ1) is 36.0. The molecule has 0 spiro atoms. The third kappa shape index (κ3) is 8.84. The minimum absolute atomic E-state index is 0.0170. The summed E-state index contributed by atoms with van der Waals surface area (Å²) in [6.45, 7) is -0.850. The zero-order chi connectivity index (χ0) is 34.3. The number of nitrogens with one attached hydrogen (secondary N) is 1. The maximum atomic E-state index is 14.7. The van der Waals surface area contributed by atoms with E-state index in [1.54, 1.807) is 36.4 Å². The lowest BCUT2D eigenvalue weighted by atomic mass is 9.94. The molecule has 252 valence electrons. The summed E-state index contributed by atoms with van der Waals surface area (Å²) in [5.74, 6) is -1.01. The molecule has 1 saturated carbocycles. The first-order valence-corrected chi connectivity index (χ1v) is 18.6. The Morgan fingerprint density at radius 2 is 1.40 bits per heavy atom. The van der Waals surface area contributed by atoms with Crippen LogP contribution in [0, 0.1) is 0 Å². The van der Waals surface area contributed by atoms with Crippen LogP contribution in [0.2, 0.25) is 20.1 Å². The smallest absolute Gasteiger partial charge is 0.264 e. The first-order valence-electron chi connectivity index (χ1n) is 15.6.